The monoisotopic (exact) mass is 399 g/mol. The van der Waals surface area contributed by atoms with Crippen molar-refractivity contribution in [2.75, 3.05) is 5.32 Å². The molecule has 0 fully saturated rings. The fourth-order valence-electron chi connectivity index (χ4n) is 2.61. The number of nitrogens with zero attached hydrogens (tertiary/aromatic N) is 2. The summed E-state index contributed by atoms with van der Waals surface area (Å²) in [6, 6.07) is 3.94. The van der Waals surface area contributed by atoms with Crippen LogP contribution in [0.15, 0.2) is 36.5 Å². The Kier molecular flexibility index (Phi) is 5.12. The SMILES string of the molecule is Cc1nn(C(F)F)cc1-c1ccc(NC(=O)c2c(F)cc(F)cc2F)cc1F. The molecule has 0 aliphatic carbocycles. The third kappa shape index (κ3) is 3.71. The number of nitrogens with one attached hydrogen (secondary N) is 1. The van der Waals surface area contributed by atoms with Gasteiger partial charge >= 0.3 is 6.55 Å². The standard InChI is InChI=1S/C18H11F6N3O/c1-8-12(7-27(26-8)18(23)24)11-3-2-10(6-13(11)20)25-17(28)16-14(21)4-9(19)5-15(16)22/h2-7,18H,1H3,(H,25,28). The lowest BCUT2D eigenvalue weighted by Crippen LogP contribution is -2.16. The van der Waals surface area contributed by atoms with Crippen molar-refractivity contribution < 1.29 is 31.1 Å². The van der Waals surface area contributed by atoms with Crippen LogP contribution >= 0.6 is 0 Å². The van der Waals surface area contributed by atoms with Crippen LogP contribution in [-0.2, 0) is 0 Å². The molecule has 1 amide bonds. The number of halogens is 6. The highest BCUT2D eigenvalue weighted by Crippen LogP contribution is 2.29. The molecule has 28 heavy (non-hydrogen) atoms. The Morgan fingerprint density at radius 1 is 1.00 bits per heavy atom. The van der Waals surface area contributed by atoms with E-state index >= 15 is 0 Å². The van der Waals surface area contributed by atoms with Crippen LogP contribution in [0.2, 0.25) is 0 Å². The van der Waals surface area contributed by atoms with Crippen LogP contribution in [0.4, 0.5) is 32.0 Å². The molecule has 10 heteroatoms. The zero-order valence-electron chi connectivity index (χ0n) is 14.1. The molecule has 3 rings (SSSR count). The first-order chi connectivity index (χ1) is 13.2. The number of hydrogen-bond donors (Lipinski definition) is 1. The Bertz CT molecular complexity index is 1040. The van der Waals surface area contributed by atoms with Crippen LogP contribution in [0.25, 0.3) is 11.1 Å². The minimum Gasteiger partial charge on any atom is -0.322 e. The van der Waals surface area contributed by atoms with Gasteiger partial charge in [-0.05, 0) is 25.1 Å². The molecule has 0 aliphatic rings. The van der Waals surface area contributed by atoms with E-state index in [1.54, 1.807) is 0 Å². The molecule has 0 bridgehead atoms. The highest BCUT2D eigenvalue weighted by Gasteiger charge is 2.20. The molecule has 0 radical (unpaired) electrons. The first-order valence-corrected chi connectivity index (χ1v) is 7.77. The summed E-state index contributed by atoms with van der Waals surface area (Å²) in [5.41, 5.74) is -0.951. The smallest absolute Gasteiger partial charge is 0.322 e. The summed E-state index contributed by atoms with van der Waals surface area (Å²) in [5.74, 6) is -6.15. The van der Waals surface area contributed by atoms with E-state index < -0.39 is 41.3 Å². The van der Waals surface area contributed by atoms with Crippen LogP contribution in [0, 0.1) is 30.2 Å². The molecule has 4 nitrogen and oxygen atoms in total. The van der Waals surface area contributed by atoms with Gasteiger partial charge in [-0.1, -0.05) is 0 Å². The second kappa shape index (κ2) is 7.37. The number of aromatic nitrogens is 2. The van der Waals surface area contributed by atoms with E-state index in [1.807, 2.05) is 0 Å². The Morgan fingerprint density at radius 3 is 2.18 bits per heavy atom. The van der Waals surface area contributed by atoms with Gasteiger partial charge in [0.1, 0.15) is 28.8 Å². The quantitative estimate of drug-likeness (QED) is 0.624. The van der Waals surface area contributed by atoms with Gasteiger partial charge in [0.25, 0.3) is 5.91 Å². The van der Waals surface area contributed by atoms with Crippen molar-refractivity contribution in [3.8, 4) is 11.1 Å². The van der Waals surface area contributed by atoms with Crippen molar-refractivity contribution in [2.45, 2.75) is 13.5 Å². The number of anilines is 1. The number of hydrogen-bond acceptors (Lipinski definition) is 2. The van der Waals surface area contributed by atoms with Gasteiger partial charge in [0, 0.05) is 35.1 Å². The number of aryl methyl sites for hydroxylation is 1. The predicted octanol–water partition coefficient (Wildman–Crippen LogP) is 5.06. The third-order valence-electron chi connectivity index (χ3n) is 3.87. The molecule has 0 spiro atoms. The minimum atomic E-state index is -2.89. The number of carbonyl (C=O) groups excluding carboxylic acids is 1. The average molecular weight is 399 g/mol. The highest BCUT2D eigenvalue weighted by atomic mass is 19.3. The van der Waals surface area contributed by atoms with E-state index in [4.69, 9.17) is 0 Å². The summed E-state index contributed by atoms with van der Waals surface area (Å²) in [4.78, 5) is 12.0. The van der Waals surface area contributed by atoms with Gasteiger partial charge in [-0.15, -0.1) is 0 Å². The molecule has 1 N–H and O–H groups in total. The summed E-state index contributed by atoms with van der Waals surface area (Å²) in [5, 5.41) is 5.68. The van der Waals surface area contributed by atoms with Gasteiger partial charge in [-0.2, -0.15) is 13.9 Å². The minimum absolute atomic E-state index is 0.0541. The molecule has 0 aliphatic heterocycles. The molecule has 0 saturated heterocycles. The first kappa shape index (κ1) is 19.5. The fourth-order valence-corrected chi connectivity index (χ4v) is 2.61. The maximum Gasteiger partial charge on any atom is 0.333 e. The van der Waals surface area contributed by atoms with Gasteiger partial charge < -0.3 is 5.32 Å². The first-order valence-electron chi connectivity index (χ1n) is 7.77. The van der Waals surface area contributed by atoms with Gasteiger partial charge in [-0.3, -0.25) is 4.79 Å². The van der Waals surface area contributed by atoms with Crippen molar-refractivity contribution in [2.24, 2.45) is 0 Å². The van der Waals surface area contributed by atoms with Crippen molar-refractivity contribution >= 4 is 11.6 Å². The van der Waals surface area contributed by atoms with Crippen LogP contribution in [0.3, 0.4) is 0 Å². The Labute approximate surface area is 154 Å². The number of alkyl halides is 2. The Balaban J connectivity index is 1.88. The summed E-state index contributed by atoms with van der Waals surface area (Å²) in [7, 11) is 0. The maximum absolute atomic E-state index is 14.4. The van der Waals surface area contributed by atoms with Gasteiger partial charge in [0.05, 0.1) is 5.69 Å². The van der Waals surface area contributed by atoms with Crippen molar-refractivity contribution in [1.29, 1.82) is 0 Å². The second-order valence-electron chi connectivity index (χ2n) is 5.78. The van der Waals surface area contributed by atoms with E-state index in [2.05, 4.69) is 10.4 Å². The van der Waals surface area contributed by atoms with E-state index in [0.717, 1.165) is 12.3 Å². The lowest BCUT2D eigenvalue weighted by atomic mass is 10.1. The Morgan fingerprint density at radius 2 is 1.64 bits per heavy atom. The fraction of sp³-hybridized carbons (Fsp3) is 0.111. The lowest BCUT2D eigenvalue weighted by Gasteiger charge is -2.09. The normalized spacial score (nSPS) is 11.1. The maximum atomic E-state index is 14.4. The largest absolute Gasteiger partial charge is 0.333 e. The number of carbonyl (C=O) groups is 1. The lowest BCUT2D eigenvalue weighted by molar-refractivity contribution is 0.0563. The summed E-state index contributed by atoms with van der Waals surface area (Å²) < 4.78 is 80.4. The van der Waals surface area contributed by atoms with Gasteiger partial charge in [0.2, 0.25) is 0 Å². The van der Waals surface area contributed by atoms with E-state index in [1.165, 1.54) is 19.1 Å². The summed E-state index contributed by atoms with van der Waals surface area (Å²) in [6.45, 7) is -1.47. The zero-order chi connectivity index (χ0) is 20.6. The van der Waals surface area contributed by atoms with E-state index in [-0.39, 0.29) is 22.5 Å². The summed E-state index contributed by atoms with van der Waals surface area (Å²) >= 11 is 0. The highest BCUT2D eigenvalue weighted by molar-refractivity contribution is 6.04. The molecule has 2 aromatic carbocycles. The molecular formula is C18H11F6N3O. The van der Waals surface area contributed by atoms with Crippen molar-refractivity contribution in [3.05, 3.63) is 71.1 Å². The predicted molar refractivity (Wildman–Crippen MR) is 87.9 cm³/mol. The average Bonchev–Trinajstić information content (AvgIpc) is 2.96. The molecular weight excluding hydrogens is 388 g/mol. The van der Waals surface area contributed by atoms with Gasteiger partial charge in [-0.25, -0.2) is 22.2 Å². The molecule has 3 aromatic rings. The van der Waals surface area contributed by atoms with Crippen LogP contribution < -0.4 is 5.32 Å². The molecule has 1 heterocycles. The van der Waals surface area contributed by atoms with Crippen LogP contribution in [0.5, 0.6) is 0 Å². The summed E-state index contributed by atoms with van der Waals surface area (Å²) in [6.07, 6.45) is 0.972. The topological polar surface area (TPSA) is 46.9 Å². The number of benzene rings is 2. The molecule has 146 valence electrons. The van der Waals surface area contributed by atoms with Gasteiger partial charge in [0.15, 0.2) is 0 Å². The zero-order valence-corrected chi connectivity index (χ0v) is 14.1. The third-order valence-corrected chi connectivity index (χ3v) is 3.87. The molecule has 0 atom stereocenters. The number of rotatable bonds is 4. The van der Waals surface area contributed by atoms with Crippen LogP contribution in [-0.4, -0.2) is 15.7 Å². The molecule has 0 unspecified atom stereocenters. The van der Waals surface area contributed by atoms with Crippen molar-refractivity contribution in [1.82, 2.24) is 9.78 Å². The molecule has 0 saturated carbocycles. The van der Waals surface area contributed by atoms with E-state index in [9.17, 15) is 31.1 Å². The second-order valence-corrected chi connectivity index (χ2v) is 5.78. The Hall–Kier alpha value is -3.30. The van der Waals surface area contributed by atoms with Crippen LogP contribution in [0.1, 0.15) is 22.6 Å². The van der Waals surface area contributed by atoms with E-state index in [0.29, 0.717) is 16.8 Å². The number of amides is 1. The molecule has 1 aromatic heterocycles. The van der Waals surface area contributed by atoms with Crippen molar-refractivity contribution in [3.63, 3.8) is 0 Å².